The summed E-state index contributed by atoms with van der Waals surface area (Å²) in [5.41, 5.74) is 6.58. The molecular weight excluding hydrogens is 270 g/mol. The third-order valence-electron chi connectivity index (χ3n) is 2.55. The second kappa shape index (κ2) is 6.97. The summed E-state index contributed by atoms with van der Waals surface area (Å²) in [6.45, 7) is 7.30. The molecule has 0 aliphatic rings. The van der Waals surface area contributed by atoms with Gasteiger partial charge in [0.05, 0.1) is 6.54 Å². The Morgan fingerprint density at radius 3 is 2.52 bits per heavy atom. The topological polar surface area (TPSA) is 93.4 Å². The normalized spacial score (nSPS) is 12.4. The first kappa shape index (κ1) is 16.8. The number of carbonyl (C=O) groups excluding carboxylic acids is 2. The van der Waals surface area contributed by atoms with Crippen LogP contribution in [-0.4, -0.2) is 30.2 Å². The molecule has 1 aromatic rings. The fourth-order valence-electron chi connectivity index (χ4n) is 1.66. The van der Waals surface area contributed by atoms with Crippen molar-refractivity contribution in [1.29, 1.82) is 0 Å². The summed E-state index contributed by atoms with van der Waals surface area (Å²) in [6.07, 6.45) is -0.584. The first-order valence-corrected chi connectivity index (χ1v) is 6.77. The number of alkyl carbamates (subject to hydrolysis) is 1. The van der Waals surface area contributed by atoms with E-state index in [2.05, 4.69) is 10.6 Å². The maximum Gasteiger partial charge on any atom is 0.407 e. The van der Waals surface area contributed by atoms with Gasteiger partial charge in [0.15, 0.2) is 0 Å². The molecule has 1 rings (SSSR count). The minimum atomic E-state index is -0.709. The molecule has 0 bridgehead atoms. The lowest BCUT2D eigenvalue weighted by atomic mass is 10.2. The molecule has 6 nitrogen and oxygen atoms in total. The number of primary amides is 1. The quantitative estimate of drug-likeness (QED) is 0.771. The van der Waals surface area contributed by atoms with Gasteiger partial charge in [0.25, 0.3) is 0 Å². The number of aryl methyl sites for hydroxylation is 1. The second-order valence-corrected chi connectivity index (χ2v) is 5.85. The molecule has 0 saturated carbocycles. The lowest BCUT2D eigenvalue weighted by molar-refractivity contribution is -0.118. The summed E-state index contributed by atoms with van der Waals surface area (Å²) in [4.78, 5) is 23.0. The van der Waals surface area contributed by atoms with Crippen LogP contribution in [0.3, 0.4) is 0 Å². The van der Waals surface area contributed by atoms with E-state index in [0.717, 1.165) is 11.3 Å². The van der Waals surface area contributed by atoms with Gasteiger partial charge in [-0.2, -0.15) is 0 Å². The Balaban J connectivity index is 2.59. The highest BCUT2D eigenvalue weighted by Gasteiger charge is 2.20. The fourth-order valence-corrected chi connectivity index (χ4v) is 1.66. The molecule has 0 spiro atoms. The van der Waals surface area contributed by atoms with Gasteiger partial charge in [0, 0.05) is 5.69 Å². The van der Waals surface area contributed by atoms with E-state index in [-0.39, 0.29) is 6.54 Å². The van der Waals surface area contributed by atoms with Gasteiger partial charge in [-0.25, -0.2) is 4.79 Å². The Bertz CT molecular complexity index is 509. The summed E-state index contributed by atoms with van der Waals surface area (Å²) in [5, 5.41) is 5.52. The van der Waals surface area contributed by atoms with Crippen LogP contribution < -0.4 is 16.4 Å². The number of carbonyl (C=O) groups is 2. The number of nitrogens with two attached hydrogens (primary N) is 1. The van der Waals surface area contributed by atoms with E-state index in [9.17, 15) is 9.59 Å². The largest absolute Gasteiger partial charge is 0.444 e. The number of amides is 2. The van der Waals surface area contributed by atoms with E-state index < -0.39 is 23.6 Å². The molecule has 0 aliphatic carbocycles. The summed E-state index contributed by atoms with van der Waals surface area (Å²) < 4.78 is 5.11. The summed E-state index contributed by atoms with van der Waals surface area (Å²) >= 11 is 0. The fraction of sp³-hybridized carbons (Fsp3) is 0.467. The maximum absolute atomic E-state index is 11.6. The zero-order valence-electron chi connectivity index (χ0n) is 12.9. The van der Waals surface area contributed by atoms with Gasteiger partial charge in [-0.15, -0.1) is 0 Å². The molecule has 1 unspecified atom stereocenters. The molecule has 0 aliphatic heterocycles. The van der Waals surface area contributed by atoms with Gasteiger partial charge < -0.3 is 21.1 Å². The number of nitrogens with one attached hydrogen (secondary N) is 2. The molecule has 21 heavy (non-hydrogen) atoms. The van der Waals surface area contributed by atoms with Crippen LogP contribution in [0.15, 0.2) is 24.3 Å². The molecule has 6 heteroatoms. The lowest BCUT2D eigenvalue weighted by Crippen LogP contribution is -2.46. The lowest BCUT2D eigenvalue weighted by Gasteiger charge is -2.22. The number of hydrogen-bond acceptors (Lipinski definition) is 4. The number of benzene rings is 1. The van der Waals surface area contributed by atoms with Crippen molar-refractivity contribution < 1.29 is 14.3 Å². The van der Waals surface area contributed by atoms with Gasteiger partial charge in [-0.05, 0) is 45.4 Å². The SMILES string of the molecule is Cc1cccc(NC(CNC(=O)OC(C)(C)C)C(N)=O)c1. The Hall–Kier alpha value is -2.24. The van der Waals surface area contributed by atoms with Crippen LogP contribution >= 0.6 is 0 Å². The minimum Gasteiger partial charge on any atom is -0.444 e. The van der Waals surface area contributed by atoms with Crippen LogP contribution in [0.4, 0.5) is 10.5 Å². The van der Waals surface area contributed by atoms with E-state index >= 15 is 0 Å². The number of rotatable bonds is 5. The van der Waals surface area contributed by atoms with Gasteiger partial charge in [0.2, 0.25) is 5.91 Å². The van der Waals surface area contributed by atoms with E-state index in [1.807, 2.05) is 31.2 Å². The van der Waals surface area contributed by atoms with Crippen LogP contribution in [0.1, 0.15) is 26.3 Å². The van der Waals surface area contributed by atoms with Crippen LogP contribution in [-0.2, 0) is 9.53 Å². The Morgan fingerprint density at radius 2 is 2.00 bits per heavy atom. The summed E-state index contributed by atoms with van der Waals surface area (Å²) in [6, 6.07) is 6.83. The Kier molecular flexibility index (Phi) is 5.58. The highest BCUT2D eigenvalue weighted by molar-refractivity contribution is 5.84. The van der Waals surface area contributed by atoms with Crippen LogP contribution in [0.25, 0.3) is 0 Å². The van der Waals surface area contributed by atoms with Crippen molar-refractivity contribution in [2.45, 2.75) is 39.3 Å². The summed E-state index contributed by atoms with van der Waals surface area (Å²) in [7, 11) is 0. The molecule has 4 N–H and O–H groups in total. The van der Waals surface area contributed by atoms with Crippen molar-refractivity contribution in [2.24, 2.45) is 5.73 Å². The van der Waals surface area contributed by atoms with E-state index in [1.165, 1.54) is 0 Å². The van der Waals surface area contributed by atoms with Gasteiger partial charge in [0.1, 0.15) is 11.6 Å². The third-order valence-corrected chi connectivity index (χ3v) is 2.55. The van der Waals surface area contributed by atoms with Gasteiger partial charge in [-0.3, -0.25) is 4.79 Å². The molecule has 1 aromatic carbocycles. The molecule has 0 heterocycles. The van der Waals surface area contributed by atoms with Crippen molar-refractivity contribution in [2.75, 3.05) is 11.9 Å². The third kappa shape index (κ3) is 6.65. The molecule has 0 saturated heterocycles. The van der Waals surface area contributed by atoms with Crippen molar-refractivity contribution in [1.82, 2.24) is 5.32 Å². The number of ether oxygens (including phenoxy) is 1. The molecule has 0 fully saturated rings. The van der Waals surface area contributed by atoms with Crippen molar-refractivity contribution in [3.63, 3.8) is 0 Å². The monoisotopic (exact) mass is 293 g/mol. The molecule has 0 radical (unpaired) electrons. The van der Waals surface area contributed by atoms with E-state index in [1.54, 1.807) is 20.8 Å². The predicted molar refractivity (Wildman–Crippen MR) is 82.0 cm³/mol. The molecule has 116 valence electrons. The van der Waals surface area contributed by atoms with Crippen molar-refractivity contribution >= 4 is 17.7 Å². The zero-order chi connectivity index (χ0) is 16.0. The van der Waals surface area contributed by atoms with E-state index in [4.69, 9.17) is 10.5 Å². The Labute approximate surface area is 125 Å². The first-order chi connectivity index (χ1) is 9.67. The number of hydrogen-bond donors (Lipinski definition) is 3. The average molecular weight is 293 g/mol. The van der Waals surface area contributed by atoms with Gasteiger partial charge in [-0.1, -0.05) is 12.1 Å². The highest BCUT2D eigenvalue weighted by atomic mass is 16.6. The predicted octanol–water partition coefficient (Wildman–Crippen LogP) is 1.79. The van der Waals surface area contributed by atoms with E-state index in [0.29, 0.717) is 0 Å². The molecular formula is C15H23N3O3. The van der Waals surface area contributed by atoms with Crippen molar-refractivity contribution in [3.8, 4) is 0 Å². The van der Waals surface area contributed by atoms with Crippen LogP contribution in [0.2, 0.25) is 0 Å². The van der Waals surface area contributed by atoms with Crippen molar-refractivity contribution in [3.05, 3.63) is 29.8 Å². The Morgan fingerprint density at radius 1 is 1.33 bits per heavy atom. The molecule has 1 atom stereocenters. The second-order valence-electron chi connectivity index (χ2n) is 5.85. The number of anilines is 1. The molecule has 0 aromatic heterocycles. The van der Waals surface area contributed by atoms with Crippen LogP contribution in [0.5, 0.6) is 0 Å². The maximum atomic E-state index is 11.6. The standard InChI is InChI=1S/C15H23N3O3/c1-10-6-5-7-11(8-10)18-12(13(16)19)9-17-14(20)21-15(2,3)4/h5-8,12,18H,9H2,1-4H3,(H2,16,19)(H,17,20). The summed E-state index contributed by atoms with van der Waals surface area (Å²) in [5.74, 6) is -0.549. The molecule has 2 amide bonds. The van der Waals surface area contributed by atoms with Crippen LogP contribution in [0, 0.1) is 6.92 Å². The average Bonchev–Trinajstić information content (AvgIpc) is 2.32. The smallest absolute Gasteiger partial charge is 0.407 e. The first-order valence-electron chi connectivity index (χ1n) is 6.77. The van der Waals surface area contributed by atoms with Gasteiger partial charge >= 0.3 is 6.09 Å². The zero-order valence-corrected chi connectivity index (χ0v) is 12.9. The highest BCUT2D eigenvalue weighted by Crippen LogP contribution is 2.11. The minimum absolute atomic E-state index is 0.0538.